The molecule has 2 aliphatic rings. The number of hydrogen-bond donors (Lipinski definition) is 2. The summed E-state index contributed by atoms with van der Waals surface area (Å²) in [4.78, 5) is 9.71. The minimum absolute atomic E-state index is 0.219. The molecule has 1 atom stereocenters. The zero-order valence-corrected chi connectivity index (χ0v) is 17.2. The van der Waals surface area contributed by atoms with Crippen LogP contribution in [0.3, 0.4) is 0 Å². The van der Waals surface area contributed by atoms with Crippen LogP contribution in [0.25, 0.3) is 0 Å². The minimum Gasteiger partial charge on any atom is -0.504 e. The topological polar surface area (TPSA) is 69.6 Å². The number of aromatic hydroxyl groups is 1. The fourth-order valence-electron chi connectivity index (χ4n) is 3.97. The van der Waals surface area contributed by atoms with E-state index >= 15 is 0 Å². The summed E-state index contributed by atoms with van der Waals surface area (Å²) < 4.78 is 10.6. The van der Waals surface area contributed by atoms with Gasteiger partial charge in [0.25, 0.3) is 0 Å². The molecule has 2 fully saturated rings. The van der Waals surface area contributed by atoms with Gasteiger partial charge in [-0.3, -0.25) is 9.89 Å². The van der Waals surface area contributed by atoms with E-state index in [-0.39, 0.29) is 5.75 Å². The summed E-state index contributed by atoms with van der Waals surface area (Å²) in [6, 6.07) is 5.60. The normalized spacial score (nSPS) is 21.1. The number of guanidine groups is 1. The molecule has 2 heterocycles. The van der Waals surface area contributed by atoms with Crippen LogP contribution in [0.1, 0.15) is 18.9 Å². The van der Waals surface area contributed by atoms with Crippen molar-refractivity contribution in [2.75, 3.05) is 66.1 Å². The molecule has 0 bridgehead atoms. The number of benzene rings is 1. The van der Waals surface area contributed by atoms with Gasteiger partial charge in [0.05, 0.1) is 20.3 Å². The van der Waals surface area contributed by atoms with Crippen LogP contribution in [0.15, 0.2) is 23.2 Å². The van der Waals surface area contributed by atoms with Gasteiger partial charge in [-0.05, 0) is 37.3 Å². The highest BCUT2D eigenvalue weighted by Crippen LogP contribution is 2.29. The number of phenols is 1. The van der Waals surface area contributed by atoms with Gasteiger partial charge in [-0.2, -0.15) is 0 Å². The summed E-state index contributed by atoms with van der Waals surface area (Å²) in [7, 11) is 1.57. The molecular weight excluding hydrogens is 356 g/mol. The van der Waals surface area contributed by atoms with Crippen molar-refractivity contribution >= 4 is 5.96 Å². The van der Waals surface area contributed by atoms with Crippen molar-refractivity contribution < 1.29 is 14.6 Å². The molecule has 0 aliphatic carbocycles. The average molecular weight is 391 g/mol. The first-order chi connectivity index (χ1) is 13.7. The van der Waals surface area contributed by atoms with Crippen LogP contribution in [-0.4, -0.2) is 87.0 Å². The highest BCUT2D eigenvalue weighted by atomic mass is 16.5. The van der Waals surface area contributed by atoms with Crippen LogP contribution in [0, 0.1) is 5.92 Å². The second kappa shape index (κ2) is 10.5. The summed E-state index contributed by atoms with van der Waals surface area (Å²) >= 11 is 0. The fraction of sp³-hybridized carbons (Fsp3) is 0.667. The summed E-state index contributed by atoms with van der Waals surface area (Å²) in [5.74, 6) is 2.40. The van der Waals surface area contributed by atoms with Gasteiger partial charge in [0.2, 0.25) is 0 Å². The average Bonchev–Trinajstić information content (AvgIpc) is 3.17. The lowest BCUT2D eigenvalue weighted by Crippen LogP contribution is -2.42. The van der Waals surface area contributed by atoms with Gasteiger partial charge in [0, 0.05) is 45.8 Å². The van der Waals surface area contributed by atoms with Crippen LogP contribution in [-0.2, 0) is 11.2 Å². The van der Waals surface area contributed by atoms with Crippen molar-refractivity contribution in [3.63, 3.8) is 0 Å². The first-order valence-corrected chi connectivity index (χ1v) is 10.4. The van der Waals surface area contributed by atoms with Crippen molar-refractivity contribution in [1.29, 1.82) is 0 Å². The van der Waals surface area contributed by atoms with Crippen LogP contribution in [0.4, 0.5) is 0 Å². The number of phenolic OH excluding ortho intramolecular Hbond substituents is 1. The van der Waals surface area contributed by atoms with E-state index in [1.54, 1.807) is 13.2 Å². The Labute approximate surface area is 168 Å². The van der Waals surface area contributed by atoms with Crippen molar-refractivity contribution in [3.8, 4) is 11.5 Å². The Morgan fingerprint density at radius 2 is 2.14 bits per heavy atom. The van der Waals surface area contributed by atoms with Gasteiger partial charge in [-0.15, -0.1) is 0 Å². The molecule has 1 aromatic rings. The van der Waals surface area contributed by atoms with E-state index in [1.807, 2.05) is 12.1 Å². The lowest BCUT2D eigenvalue weighted by molar-refractivity contribution is 0.0315. The Bertz CT molecular complexity index is 647. The van der Waals surface area contributed by atoms with Gasteiger partial charge >= 0.3 is 0 Å². The van der Waals surface area contributed by atoms with Gasteiger partial charge in [0.15, 0.2) is 17.5 Å². The maximum atomic E-state index is 10.2. The first-order valence-electron chi connectivity index (χ1n) is 10.4. The third-order valence-electron chi connectivity index (χ3n) is 5.49. The van der Waals surface area contributed by atoms with Crippen molar-refractivity contribution in [2.45, 2.75) is 19.8 Å². The number of methoxy groups -OCH3 is 1. The van der Waals surface area contributed by atoms with Crippen molar-refractivity contribution in [2.24, 2.45) is 10.9 Å². The molecule has 2 N–H and O–H groups in total. The molecule has 2 aliphatic heterocycles. The van der Waals surface area contributed by atoms with Crippen molar-refractivity contribution in [1.82, 2.24) is 15.1 Å². The van der Waals surface area contributed by atoms with Gasteiger partial charge in [-0.25, -0.2) is 0 Å². The summed E-state index contributed by atoms with van der Waals surface area (Å²) in [5, 5.41) is 13.7. The van der Waals surface area contributed by atoms with Crippen LogP contribution < -0.4 is 10.1 Å². The summed E-state index contributed by atoms with van der Waals surface area (Å²) in [5.41, 5.74) is 0.866. The summed E-state index contributed by atoms with van der Waals surface area (Å²) in [6.45, 7) is 10.7. The largest absolute Gasteiger partial charge is 0.504 e. The number of morpholine rings is 1. The van der Waals surface area contributed by atoms with E-state index in [9.17, 15) is 5.11 Å². The molecule has 0 aromatic heterocycles. The molecule has 1 aromatic carbocycles. The predicted molar refractivity (Wildman–Crippen MR) is 111 cm³/mol. The maximum Gasteiger partial charge on any atom is 0.193 e. The molecule has 0 radical (unpaired) electrons. The molecule has 7 nitrogen and oxygen atoms in total. The Hall–Kier alpha value is -1.99. The van der Waals surface area contributed by atoms with E-state index < -0.39 is 0 Å². The minimum atomic E-state index is 0.219. The number of nitrogens with zero attached hydrogens (tertiary/aromatic N) is 3. The zero-order chi connectivity index (χ0) is 19.8. The third kappa shape index (κ3) is 5.52. The molecule has 0 amide bonds. The van der Waals surface area contributed by atoms with Crippen LogP contribution in [0.5, 0.6) is 11.5 Å². The predicted octanol–water partition coefficient (Wildman–Crippen LogP) is 1.56. The Morgan fingerprint density at radius 3 is 2.89 bits per heavy atom. The molecule has 156 valence electrons. The molecule has 0 spiro atoms. The zero-order valence-electron chi connectivity index (χ0n) is 17.2. The number of hydrogen-bond acceptors (Lipinski definition) is 5. The van der Waals surface area contributed by atoms with Gasteiger partial charge < -0.3 is 24.8 Å². The SMILES string of the molecule is CCNC(=NCCc1cccc(OC)c1O)N1CCC(CN2CCOCC2)C1. The Kier molecular flexibility index (Phi) is 7.80. The van der Waals surface area contributed by atoms with Gasteiger partial charge in [0.1, 0.15) is 0 Å². The maximum absolute atomic E-state index is 10.2. The summed E-state index contributed by atoms with van der Waals surface area (Å²) in [6.07, 6.45) is 1.89. The third-order valence-corrected chi connectivity index (χ3v) is 5.49. The highest BCUT2D eigenvalue weighted by molar-refractivity contribution is 5.80. The number of nitrogens with one attached hydrogen (secondary N) is 1. The second-order valence-electron chi connectivity index (χ2n) is 7.47. The van der Waals surface area contributed by atoms with Crippen LogP contribution in [0.2, 0.25) is 0 Å². The Morgan fingerprint density at radius 1 is 1.32 bits per heavy atom. The Balaban J connectivity index is 1.54. The molecule has 0 saturated carbocycles. The van der Waals surface area contributed by atoms with Gasteiger partial charge in [-0.1, -0.05) is 12.1 Å². The number of likely N-dealkylation sites (tertiary alicyclic amines) is 1. The number of aliphatic imine (C=N–C) groups is 1. The van der Waals surface area contributed by atoms with Crippen molar-refractivity contribution in [3.05, 3.63) is 23.8 Å². The van der Waals surface area contributed by atoms with E-state index in [0.717, 1.165) is 64.0 Å². The monoisotopic (exact) mass is 390 g/mol. The van der Waals surface area contributed by atoms with Crippen LogP contribution >= 0.6 is 0 Å². The standard InChI is InChI=1S/C21H34N4O3/c1-3-22-21(23-9-7-18-5-4-6-19(27-2)20(18)26)25-10-8-17(16-25)15-24-11-13-28-14-12-24/h4-6,17,26H,3,7-16H2,1-2H3,(H,22,23). The molecule has 1 unspecified atom stereocenters. The van der Waals surface area contributed by atoms with E-state index in [4.69, 9.17) is 14.5 Å². The lowest BCUT2D eigenvalue weighted by atomic mass is 10.1. The lowest BCUT2D eigenvalue weighted by Gasteiger charge is -2.29. The first kappa shape index (κ1) is 20.7. The molecule has 28 heavy (non-hydrogen) atoms. The second-order valence-corrected chi connectivity index (χ2v) is 7.47. The molecule has 2 saturated heterocycles. The number of ether oxygens (including phenoxy) is 2. The highest BCUT2D eigenvalue weighted by Gasteiger charge is 2.27. The number of rotatable bonds is 7. The fourth-order valence-corrected chi connectivity index (χ4v) is 3.97. The molecular formula is C21H34N4O3. The van der Waals surface area contributed by atoms with E-state index in [0.29, 0.717) is 24.6 Å². The quantitative estimate of drug-likeness (QED) is 0.544. The molecule has 3 rings (SSSR count). The number of para-hydroxylation sites is 1. The van der Waals surface area contributed by atoms with E-state index in [1.165, 1.54) is 6.42 Å². The molecule has 7 heteroatoms. The smallest absolute Gasteiger partial charge is 0.193 e. The van der Waals surface area contributed by atoms with E-state index in [2.05, 4.69) is 22.0 Å².